The average Bonchev–Trinajstić information content (AvgIpc) is 2.25. The van der Waals surface area contributed by atoms with Gasteiger partial charge in [0.2, 0.25) is 0 Å². The minimum atomic E-state index is -2.37. The van der Waals surface area contributed by atoms with Crippen molar-refractivity contribution in [2.24, 2.45) is 0 Å². The molecule has 0 amide bonds. The normalized spacial score (nSPS) is 11.0. The van der Waals surface area contributed by atoms with Crippen LogP contribution < -0.4 is 0 Å². The Morgan fingerprint density at radius 3 is 2.67 bits per heavy atom. The Labute approximate surface area is 102 Å². The molecule has 0 spiro atoms. The second-order valence-electron chi connectivity index (χ2n) is 3.16. The summed E-state index contributed by atoms with van der Waals surface area (Å²) in [6, 6.07) is 4.93. The van der Waals surface area contributed by atoms with Crippen molar-refractivity contribution in [3.63, 3.8) is 0 Å². The summed E-state index contributed by atoms with van der Waals surface area (Å²) in [6.45, 7) is 0. The van der Waals surface area contributed by atoms with Gasteiger partial charge in [-0.15, -0.1) is 11.8 Å². The van der Waals surface area contributed by atoms with Gasteiger partial charge in [-0.25, -0.2) is 8.78 Å². The van der Waals surface area contributed by atoms with Crippen molar-refractivity contribution in [3.8, 4) is 0 Å². The second kappa shape index (κ2) is 6.48. The Hall–Kier alpha value is -0.0900. The van der Waals surface area contributed by atoms with Crippen LogP contribution in [0.15, 0.2) is 23.1 Å². The molecule has 0 heterocycles. The van der Waals surface area contributed by atoms with Crippen LogP contribution in [0.3, 0.4) is 0 Å². The quantitative estimate of drug-likeness (QED) is 0.561. The Balaban J connectivity index is 2.88. The molecule has 0 atom stereocenters. The van der Waals surface area contributed by atoms with Crippen LogP contribution in [0.2, 0.25) is 0 Å². The second-order valence-corrected chi connectivity index (χ2v) is 4.81. The number of hydrogen-bond donors (Lipinski definition) is 0. The van der Waals surface area contributed by atoms with Crippen molar-refractivity contribution in [1.82, 2.24) is 0 Å². The number of hydrogen-bond acceptors (Lipinski definition) is 1. The highest BCUT2D eigenvalue weighted by Gasteiger charge is 2.09. The fraction of sp³-hybridized carbons (Fsp3) is 0.455. The fourth-order valence-electron chi connectivity index (χ4n) is 1.36. The predicted octanol–water partition coefficient (Wildman–Crippen LogP) is 4.67. The van der Waals surface area contributed by atoms with E-state index >= 15 is 0 Å². The van der Waals surface area contributed by atoms with E-state index in [-0.39, 0.29) is 5.56 Å². The molecule has 0 aliphatic rings. The van der Waals surface area contributed by atoms with Gasteiger partial charge in [-0.3, -0.25) is 0 Å². The molecule has 0 nitrogen and oxygen atoms in total. The topological polar surface area (TPSA) is 0 Å². The lowest BCUT2D eigenvalue weighted by atomic mass is 10.1. The van der Waals surface area contributed by atoms with E-state index in [4.69, 9.17) is 0 Å². The van der Waals surface area contributed by atoms with E-state index in [0.717, 1.165) is 28.6 Å². The van der Waals surface area contributed by atoms with Crippen molar-refractivity contribution in [1.29, 1.82) is 0 Å². The molecular formula is C11H13BrF2S. The maximum Gasteiger partial charge on any atom is 0.263 e. The molecule has 1 rings (SSSR count). The van der Waals surface area contributed by atoms with Crippen molar-refractivity contribution in [2.45, 2.75) is 24.2 Å². The van der Waals surface area contributed by atoms with Crippen molar-refractivity contribution >= 4 is 27.7 Å². The number of benzene rings is 1. The summed E-state index contributed by atoms with van der Waals surface area (Å²) >= 11 is 4.89. The van der Waals surface area contributed by atoms with E-state index in [9.17, 15) is 8.78 Å². The SMILES string of the molecule is CSc1cc(C(F)F)ccc1CCCBr. The van der Waals surface area contributed by atoms with E-state index in [1.807, 2.05) is 12.3 Å². The highest BCUT2D eigenvalue weighted by Crippen LogP contribution is 2.28. The lowest BCUT2D eigenvalue weighted by Crippen LogP contribution is -1.92. The molecule has 1 aromatic carbocycles. The third-order valence-corrected chi connectivity index (χ3v) is 3.52. The van der Waals surface area contributed by atoms with Gasteiger partial charge in [0.05, 0.1) is 0 Å². The van der Waals surface area contributed by atoms with Crippen LogP contribution in [0.25, 0.3) is 0 Å². The van der Waals surface area contributed by atoms with E-state index in [1.54, 1.807) is 6.07 Å². The van der Waals surface area contributed by atoms with Gasteiger partial charge in [-0.1, -0.05) is 28.1 Å². The van der Waals surface area contributed by atoms with Crippen LogP contribution in [-0.2, 0) is 6.42 Å². The first-order chi connectivity index (χ1) is 7.19. The molecule has 4 heteroatoms. The number of thioether (sulfide) groups is 1. The monoisotopic (exact) mass is 294 g/mol. The van der Waals surface area contributed by atoms with Gasteiger partial charge in [-0.2, -0.15) is 0 Å². The van der Waals surface area contributed by atoms with Crippen molar-refractivity contribution in [2.75, 3.05) is 11.6 Å². The van der Waals surface area contributed by atoms with Gasteiger partial charge >= 0.3 is 0 Å². The van der Waals surface area contributed by atoms with Gasteiger partial charge in [-0.05, 0) is 30.7 Å². The first-order valence-corrected chi connectivity index (χ1v) is 7.04. The highest BCUT2D eigenvalue weighted by molar-refractivity contribution is 9.09. The zero-order valence-electron chi connectivity index (χ0n) is 8.47. The summed E-state index contributed by atoms with van der Waals surface area (Å²) in [4.78, 5) is 0.966. The van der Waals surface area contributed by atoms with Crippen molar-refractivity contribution < 1.29 is 8.78 Å². The molecule has 0 N–H and O–H groups in total. The van der Waals surface area contributed by atoms with Crippen LogP contribution in [0.4, 0.5) is 8.78 Å². The molecule has 0 radical (unpaired) electrons. The Kier molecular flexibility index (Phi) is 5.61. The summed E-state index contributed by atoms with van der Waals surface area (Å²) in [5.74, 6) is 0. The number of alkyl halides is 3. The lowest BCUT2D eigenvalue weighted by Gasteiger charge is -2.09. The summed E-state index contributed by atoms with van der Waals surface area (Å²) in [5, 5.41) is 0.942. The standard InChI is InChI=1S/C11H13BrF2S/c1-15-10-7-9(11(13)14)5-4-8(10)3-2-6-12/h4-5,7,11H,2-3,6H2,1H3. The zero-order valence-corrected chi connectivity index (χ0v) is 10.9. The largest absolute Gasteiger partial charge is 0.263 e. The van der Waals surface area contributed by atoms with E-state index < -0.39 is 6.43 Å². The first-order valence-electron chi connectivity index (χ1n) is 4.70. The Morgan fingerprint density at radius 1 is 1.40 bits per heavy atom. The summed E-state index contributed by atoms with van der Waals surface area (Å²) in [5.41, 5.74) is 1.27. The van der Waals surface area contributed by atoms with Gasteiger partial charge in [0, 0.05) is 15.8 Å². The summed E-state index contributed by atoms with van der Waals surface area (Å²) in [7, 11) is 0. The molecule has 1 aromatic rings. The maximum atomic E-state index is 12.5. The third-order valence-electron chi connectivity index (χ3n) is 2.14. The van der Waals surface area contributed by atoms with E-state index in [0.29, 0.717) is 0 Å². The van der Waals surface area contributed by atoms with Crippen LogP contribution >= 0.6 is 27.7 Å². The molecule has 84 valence electrons. The molecule has 0 unspecified atom stereocenters. The number of rotatable bonds is 5. The summed E-state index contributed by atoms with van der Waals surface area (Å²) in [6.07, 6.45) is 1.51. The fourth-order valence-corrected chi connectivity index (χ4v) is 2.33. The van der Waals surface area contributed by atoms with Crippen LogP contribution in [0.5, 0.6) is 0 Å². The van der Waals surface area contributed by atoms with E-state index in [1.165, 1.54) is 17.8 Å². The molecule has 0 aliphatic carbocycles. The zero-order chi connectivity index (χ0) is 11.3. The van der Waals surface area contributed by atoms with Crippen LogP contribution in [0, 0.1) is 0 Å². The highest BCUT2D eigenvalue weighted by atomic mass is 79.9. The molecule has 0 fully saturated rings. The third kappa shape index (κ3) is 3.76. The smallest absolute Gasteiger partial charge is 0.205 e. The molecule has 0 saturated heterocycles. The lowest BCUT2D eigenvalue weighted by molar-refractivity contribution is 0.151. The van der Waals surface area contributed by atoms with Crippen molar-refractivity contribution in [3.05, 3.63) is 29.3 Å². The molecule has 15 heavy (non-hydrogen) atoms. The van der Waals surface area contributed by atoms with Gasteiger partial charge < -0.3 is 0 Å². The van der Waals surface area contributed by atoms with Gasteiger partial charge in [0.1, 0.15) is 0 Å². The molecule has 0 aliphatic heterocycles. The Bertz CT molecular complexity index is 315. The number of halogens is 3. The first kappa shape index (κ1) is 13.0. The minimum absolute atomic E-state index is 0.113. The number of aryl methyl sites for hydroxylation is 1. The summed E-state index contributed by atoms with van der Waals surface area (Å²) < 4.78 is 24.9. The van der Waals surface area contributed by atoms with E-state index in [2.05, 4.69) is 15.9 Å². The van der Waals surface area contributed by atoms with Gasteiger partial charge in [0.15, 0.2) is 0 Å². The molecular weight excluding hydrogens is 282 g/mol. The molecule has 0 saturated carbocycles. The average molecular weight is 295 g/mol. The molecule has 0 bridgehead atoms. The Morgan fingerprint density at radius 2 is 2.13 bits per heavy atom. The molecule has 0 aromatic heterocycles. The van der Waals surface area contributed by atoms with Gasteiger partial charge in [0.25, 0.3) is 6.43 Å². The van der Waals surface area contributed by atoms with Crippen LogP contribution in [-0.4, -0.2) is 11.6 Å². The minimum Gasteiger partial charge on any atom is -0.205 e. The maximum absolute atomic E-state index is 12.5. The predicted molar refractivity (Wildman–Crippen MR) is 65.3 cm³/mol. The van der Waals surface area contributed by atoms with Crippen LogP contribution in [0.1, 0.15) is 24.0 Å².